The maximum atomic E-state index is 13.1. The van der Waals surface area contributed by atoms with Gasteiger partial charge in [0.25, 0.3) is 0 Å². The predicted octanol–water partition coefficient (Wildman–Crippen LogP) is -6.89. The summed E-state index contributed by atoms with van der Waals surface area (Å²) in [7, 11) is 0. The lowest BCUT2D eigenvalue weighted by molar-refractivity contribution is -0.143. The highest BCUT2D eigenvalue weighted by molar-refractivity contribution is 5.97. The van der Waals surface area contributed by atoms with E-state index in [0.29, 0.717) is 0 Å². The highest BCUT2D eigenvalue weighted by atomic mass is 16.4. The van der Waals surface area contributed by atoms with Crippen LogP contribution in [0.1, 0.15) is 41.0 Å². The summed E-state index contributed by atoms with van der Waals surface area (Å²) < 4.78 is 0. The van der Waals surface area contributed by atoms with Gasteiger partial charge in [-0.1, -0.05) is 13.8 Å². The summed E-state index contributed by atoms with van der Waals surface area (Å²) in [5.41, 5.74) is 5.39. The molecule has 46 heavy (non-hydrogen) atoms. The topological polar surface area (TPSA) is 339 Å². The largest absolute Gasteiger partial charge is 0.480 e. The van der Waals surface area contributed by atoms with Gasteiger partial charge in [0, 0.05) is 0 Å². The van der Waals surface area contributed by atoms with Crippen LogP contribution in [0.25, 0.3) is 0 Å². The number of carbonyl (C=O) groups is 7. The molecule has 0 rings (SSSR count). The van der Waals surface area contributed by atoms with Crippen LogP contribution in [0, 0.1) is 5.92 Å². The zero-order valence-electron chi connectivity index (χ0n) is 26.2. The summed E-state index contributed by atoms with van der Waals surface area (Å²) in [6.45, 7) is 4.22. The van der Waals surface area contributed by atoms with E-state index in [1.165, 1.54) is 6.92 Å². The standard InChI is InChI=1S/C26H47N7O13/c1-10(2)6-15(22(41)28-11(3)20(39)31-17(9-36)26(45)46)29-24(43)19(13(5)38)33-23(42)16(8-35)30-25(44)18(12(4)37)32-21(40)14(27)7-34/h10-19,34-38H,6-9,27H2,1-5H3,(H,28,41)(H,29,43)(H,30,44)(H,31,39)(H,32,40)(H,33,42)(H,45,46)/t11-,12+,13+,14-,15-,16-,17-,18-,19-/m0/s1. The number of carbonyl (C=O) groups excluding carboxylic acids is 6. The number of aliphatic hydroxyl groups excluding tert-OH is 5. The van der Waals surface area contributed by atoms with Crippen molar-refractivity contribution < 1.29 is 64.2 Å². The van der Waals surface area contributed by atoms with Gasteiger partial charge in [-0.2, -0.15) is 0 Å². The molecule has 0 aliphatic carbocycles. The fourth-order valence-corrected chi connectivity index (χ4v) is 3.69. The second-order valence-electron chi connectivity index (χ2n) is 11.0. The Bertz CT molecular complexity index is 1070. The minimum atomic E-state index is -1.76. The van der Waals surface area contributed by atoms with Crippen molar-refractivity contribution in [3.05, 3.63) is 0 Å². The molecule has 0 radical (unpaired) electrons. The van der Waals surface area contributed by atoms with Crippen molar-refractivity contribution in [1.82, 2.24) is 31.9 Å². The summed E-state index contributed by atoms with van der Waals surface area (Å²) in [5, 5.41) is 70.1. The SMILES string of the molecule is CC(C)C[C@H](NC(=O)[C@@H](NC(=O)[C@H](CO)NC(=O)[C@@H](NC(=O)[C@@H](N)CO)[C@@H](C)O)[C@@H](C)O)C(=O)N[C@@H](C)C(=O)N[C@@H](CO)C(=O)O. The minimum absolute atomic E-state index is 0.0164. The normalized spacial score (nSPS) is 17.0. The first-order valence-electron chi connectivity index (χ1n) is 14.3. The van der Waals surface area contributed by atoms with E-state index < -0.39 is 116 Å². The fourth-order valence-electron chi connectivity index (χ4n) is 3.69. The van der Waals surface area contributed by atoms with E-state index in [9.17, 15) is 48.9 Å². The quantitative estimate of drug-likeness (QED) is 0.0575. The Balaban J connectivity index is 5.72. The van der Waals surface area contributed by atoms with Crippen molar-refractivity contribution in [2.24, 2.45) is 11.7 Å². The van der Waals surface area contributed by atoms with Crippen LogP contribution in [0.3, 0.4) is 0 Å². The lowest BCUT2D eigenvalue weighted by Crippen LogP contribution is -2.63. The molecule has 0 fully saturated rings. The average Bonchev–Trinajstić information content (AvgIpc) is 2.97. The number of aliphatic hydroxyl groups is 5. The van der Waals surface area contributed by atoms with Gasteiger partial charge in [0.2, 0.25) is 35.4 Å². The molecular weight excluding hydrogens is 618 g/mol. The van der Waals surface area contributed by atoms with Crippen LogP contribution in [-0.4, -0.2) is 146 Å². The van der Waals surface area contributed by atoms with Crippen LogP contribution in [0.15, 0.2) is 0 Å². The predicted molar refractivity (Wildman–Crippen MR) is 157 cm³/mol. The van der Waals surface area contributed by atoms with E-state index in [0.717, 1.165) is 13.8 Å². The zero-order chi connectivity index (χ0) is 35.9. The van der Waals surface area contributed by atoms with Crippen LogP contribution in [-0.2, 0) is 33.6 Å². The van der Waals surface area contributed by atoms with Crippen LogP contribution in [0.4, 0.5) is 0 Å². The van der Waals surface area contributed by atoms with Crippen molar-refractivity contribution in [3.8, 4) is 0 Å². The molecule has 0 bridgehead atoms. The van der Waals surface area contributed by atoms with Crippen LogP contribution in [0.5, 0.6) is 0 Å². The van der Waals surface area contributed by atoms with Crippen molar-refractivity contribution in [3.63, 3.8) is 0 Å². The first-order chi connectivity index (χ1) is 21.3. The van der Waals surface area contributed by atoms with Crippen molar-refractivity contribution >= 4 is 41.4 Å². The van der Waals surface area contributed by atoms with E-state index in [1.807, 2.05) is 5.32 Å². The lowest BCUT2D eigenvalue weighted by atomic mass is 10.0. The van der Waals surface area contributed by atoms with Gasteiger partial charge in [-0.25, -0.2) is 4.79 Å². The van der Waals surface area contributed by atoms with E-state index in [4.69, 9.17) is 21.1 Å². The second kappa shape index (κ2) is 20.2. The first-order valence-corrected chi connectivity index (χ1v) is 14.3. The Morgan fingerprint density at radius 2 is 0.957 bits per heavy atom. The van der Waals surface area contributed by atoms with E-state index in [1.54, 1.807) is 13.8 Å². The fraction of sp³-hybridized carbons (Fsp3) is 0.731. The Kier molecular flexibility index (Phi) is 18.5. The van der Waals surface area contributed by atoms with E-state index in [2.05, 4.69) is 26.6 Å². The van der Waals surface area contributed by atoms with Gasteiger partial charge in [0.05, 0.1) is 32.0 Å². The number of rotatable bonds is 20. The zero-order valence-corrected chi connectivity index (χ0v) is 26.2. The molecule has 0 spiro atoms. The number of hydrogen-bond acceptors (Lipinski definition) is 13. The van der Waals surface area contributed by atoms with Gasteiger partial charge in [-0.3, -0.25) is 28.8 Å². The minimum Gasteiger partial charge on any atom is -0.480 e. The highest BCUT2D eigenvalue weighted by Gasteiger charge is 2.35. The number of carboxylic acids is 1. The molecule has 14 N–H and O–H groups in total. The Hall–Kier alpha value is -3.95. The van der Waals surface area contributed by atoms with E-state index >= 15 is 0 Å². The number of nitrogens with one attached hydrogen (secondary N) is 6. The van der Waals surface area contributed by atoms with Crippen molar-refractivity contribution in [2.45, 2.75) is 95.5 Å². The maximum absolute atomic E-state index is 13.1. The first kappa shape index (κ1) is 42.0. The second-order valence-corrected chi connectivity index (χ2v) is 11.0. The molecule has 0 aromatic carbocycles. The third kappa shape index (κ3) is 14.0. The van der Waals surface area contributed by atoms with Crippen LogP contribution >= 0.6 is 0 Å². The van der Waals surface area contributed by atoms with Gasteiger partial charge in [-0.05, 0) is 33.1 Å². The van der Waals surface area contributed by atoms with Crippen LogP contribution < -0.4 is 37.6 Å². The summed E-state index contributed by atoms with van der Waals surface area (Å²) in [6.07, 6.45) is -3.08. The third-order valence-corrected chi connectivity index (χ3v) is 6.36. The summed E-state index contributed by atoms with van der Waals surface area (Å²) in [6, 6.07) is -10.8. The maximum Gasteiger partial charge on any atom is 0.328 e. The summed E-state index contributed by atoms with van der Waals surface area (Å²) >= 11 is 0. The molecule has 264 valence electrons. The van der Waals surface area contributed by atoms with Gasteiger partial charge in [0.1, 0.15) is 42.3 Å². The van der Waals surface area contributed by atoms with Crippen molar-refractivity contribution in [1.29, 1.82) is 0 Å². The molecule has 0 aromatic heterocycles. The van der Waals surface area contributed by atoms with Crippen LogP contribution in [0.2, 0.25) is 0 Å². The number of carboxylic acid groups (broad SMARTS) is 1. The molecule has 0 unspecified atom stereocenters. The molecule has 6 amide bonds. The molecular formula is C26H47N7O13. The molecule has 0 saturated carbocycles. The Morgan fingerprint density at radius 1 is 0.543 bits per heavy atom. The number of amides is 6. The Morgan fingerprint density at radius 3 is 1.35 bits per heavy atom. The highest BCUT2D eigenvalue weighted by Crippen LogP contribution is 2.07. The number of aliphatic carboxylic acids is 1. The third-order valence-electron chi connectivity index (χ3n) is 6.36. The van der Waals surface area contributed by atoms with Gasteiger partial charge in [0.15, 0.2) is 0 Å². The molecule has 9 atom stereocenters. The molecule has 0 aromatic rings. The van der Waals surface area contributed by atoms with Gasteiger partial charge >= 0.3 is 5.97 Å². The molecule has 0 aliphatic rings. The summed E-state index contributed by atoms with van der Waals surface area (Å²) in [5.74, 6) is -7.90. The molecule has 0 heterocycles. The monoisotopic (exact) mass is 665 g/mol. The molecule has 0 aliphatic heterocycles. The smallest absolute Gasteiger partial charge is 0.328 e. The molecule has 20 nitrogen and oxygen atoms in total. The van der Waals surface area contributed by atoms with Gasteiger partial charge < -0.3 is 68.3 Å². The molecule has 0 saturated heterocycles. The number of nitrogens with two attached hydrogens (primary N) is 1. The average molecular weight is 666 g/mol. The van der Waals surface area contributed by atoms with E-state index in [-0.39, 0.29) is 12.3 Å². The van der Waals surface area contributed by atoms with Crippen molar-refractivity contribution in [2.75, 3.05) is 19.8 Å². The summed E-state index contributed by atoms with van der Waals surface area (Å²) in [4.78, 5) is 87.1. The lowest BCUT2D eigenvalue weighted by Gasteiger charge is -2.28. The van der Waals surface area contributed by atoms with Gasteiger partial charge in [-0.15, -0.1) is 0 Å². The molecule has 20 heteroatoms. The Labute approximate surface area is 264 Å². The number of hydrogen-bond donors (Lipinski definition) is 13.